The number of benzene rings is 2. The molecule has 1 saturated heterocycles. The maximum absolute atomic E-state index is 13.1. The van der Waals surface area contributed by atoms with Crippen LogP contribution in [-0.2, 0) is 19.1 Å². The SMILES string of the molecule is CC(C)C[C@H](NC(=O)OCC1c2ccccc2-c2ccccc21)C(=O)NC1(C(=O)O)CCOCC1. The second-order valence-electron chi connectivity index (χ2n) is 9.64. The summed E-state index contributed by atoms with van der Waals surface area (Å²) >= 11 is 0. The van der Waals surface area contributed by atoms with Gasteiger partial charge in [-0.1, -0.05) is 62.4 Å². The molecule has 4 rings (SSSR count). The number of amides is 2. The molecule has 0 saturated carbocycles. The van der Waals surface area contributed by atoms with Gasteiger partial charge in [0.05, 0.1) is 0 Å². The first-order valence-electron chi connectivity index (χ1n) is 12.1. The number of carboxylic acid groups (broad SMARTS) is 1. The lowest BCUT2D eigenvalue weighted by Gasteiger charge is -2.35. The van der Waals surface area contributed by atoms with Crippen LogP contribution in [0.15, 0.2) is 48.5 Å². The second-order valence-corrected chi connectivity index (χ2v) is 9.64. The van der Waals surface area contributed by atoms with Crippen molar-refractivity contribution in [3.05, 3.63) is 59.7 Å². The summed E-state index contributed by atoms with van der Waals surface area (Å²) < 4.78 is 10.9. The Morgan fingerprint density at radius 3 is 2.14 bits per heavy atom. The zero-order valence-electron chi connectivity index (χ0n) is 20.1. The Labute approximate surface area is 205 Å². The van der Waals surface area contributed by atoms with Crippen molar-refractivity contribution in [1.82, 2.24) is 10.6 Å². The number of nitrogens with one attached hydrogen (secondary N) is 2. The van der Waals surface area contributed by atoms with Gasteiger partial charge in [-0.25, -0.2) is 9.59 Å². The van der Waals surface area contributed by atoms with Gasteiger partial charge in [0.2, 0.25) is 5.91 Å². The Bertz CT molecular complexity index is 1050. The first-order valence-corrected chi connectivity index (χ1v) is 12.1. The summed E-state index contributed by atoms with van der Waals surface area (Å²) in [5, 5.41) is 15.1. The highest BCUT2D eigenvalue weighted by molar-refractivity contribution is 5.91. The van der Waals surface area contributed by atoms with Gasteiger partial charge >= 0.3 is 12.1 Å². The van der Waals surface area contributed by atoms with E-state index >= 15 is 0 Å². The molecule has 0 unspecified atom stereocenters. The Morgan fingerprint density at radius 1 is 1.03 bits per heavy atom. The average molecular weight is 481 g/mol. The zero-order valence-corrected chi connectivity index (χ0v) is 20.1. The Balaban J connectivity index is 1.43. The van der Waals surface area contributed by atoms with Gasteiger partial charge in [-0.15, -0.1) is 0 Å². The molecule has 0 aromatic heterocycles. The minimum absolute atomic E-state index is 0.0927. The van der Waals surface area contributed by atoms with Crippen molar-refractivity contribution >= 4 is 18.0 Å². The van der Waals surface area contributed by atoms with E-state index in [0.717, 1.165) is 22.3 Å². The topological polar surface area (TPSA) is 114 Å². The molecule has 0 spiro atoms. The van der Waals surface area contributed by atoms with Crippen LogP contribution in [0.3, 0.4) is 0 Å². The normalized spacial score (nSPS) is 17.2. The van der Waals surface area contributed by atoms with Crippen LogP contribution in [0.25, 0.3) is 11.1 Å². The van der Waals surface area contributed by atoms with Crippen LogP contribution in [0.2, 0.25) is 0 Å². The van der Waals surface area contributed by atoms with Gasteiger partial charge in [0.1, 0.15) is 18.2 Å². The first kappa shape index (κ1) is 24.7. The van der Waals surface area contributed by atoms with Crippen molar-refractivity contribution in [2.24, 2.45) is 5.92 Å². The third-order valence-electron chi connectivity index (χ3n) is 6.78. The molecule has 2 aromatic rings. The highest BCUT2D eigenvalue weighted by atomic mass is 16.5. The van der Waals surface area contributed by atoms with Crippen molar-refractivity contribution in [3.63, 3.8) is 0 Å². The first-order chi connectivity index (χ1) is 16.8. The van der Waals surface area contributed by atoms with E-state index in [1.807, 2.05) is 50.2 Å². The molecule has 186 valence electrons. The van der Waals surface area contributed by atoms with Gasteiger partial charge in [-0.3, -0.25) is 4.79 Å². The lowest BCUT2D eigenvalue weighted by atomic mass is 9.89. The molecule has 8 nitrogen and oxygen atoms in total. The molecule has 2 amide bonds. The van der Waals surface area contributed by atoms with E-state index in [1.54, 1.807) is 0 Å². The minimum Gasteiger partial charge on any atom is -0.480 e. The molecule has 2 aliphatic rings. The van der Waals surface area contributed by atoms with E-state index in [1.165, 1.54) is 0 Å². The van der Waals surface area contributed by atoms with Gasteiger partial charge in [-0.05, 0) is 34.6 Å². The molecule has 3 N–H and O–H groups in total. The van der Waals surface area contributed by atoms with Crippen LogP contribution in [0, 0.1) is 5.92 Å². The summed E-state index contributed by atoms with van der Waals surface area (Å²) in [6.45, 7) is 4.50. The number of alkyl carbamates (subject to hydrolysis) is 1. The maximum atomic E-state index is 13.1. The molecule has 35 heavy (non-hydrogen) atoms. The van der Waals surface area contributed by atoms with Crippen LogP contribution >= 0.6 is 0 Å². The fourth-order valence-electron chi connectivity index (χ4n) is 4.92. The summed E-state index contributed by atoms with van der Waals surface area (Å²) in [5.41, 5.74) is 3.06. The summed E-state index contributed by atoms with van der Waals surface area (Å²) in [7, 11) is 0. The third-order valence-corrected chi connectivity index (χ3v) is 6.78. The van der Waals surface area contributed by atoms with Gasteiger partial charge in [0.15, 0.2) is 0 Å². The highest BCUT2D eigenvalue weighted by Crippen LogP contribution is 2.44. The number of rotatable bonds is 8. The maximum Gasteiger partial charge on any atom is 0.407 e. The number of carbonyl (C=O) groups excluding carboxylic acids is 2. The number of carboxylic acids is 1. The lowest BCUT2D eigenvalue weighted by Crippen LogP contribution is -2.61. The van der Waals surface area contributed by atoms with E-state index in [-0.39, 0.29) is 44.5 Å². The molecule has 1 aliphatic carbocycles. The number of carbonyl (C=O) groups is 3. The average Bonchev–Trinajstić information content (AvgIpc) is 3.16. The molecule has 1 aliphatic heterocycles. The predicted octanol–water partition coefficient (Wildman–Crippen LogP) is 3.69. The number of aliphatic carboxylic acids is 1. The number of ether oxygens (including phenoxy) is 2. The van der Waals surface area contributed by atoms with Gasteiger partial charge in [-0.2, -0.15) is 0 Å². The largest absolute Gasteiger partial charge is 0.480 e. The number of hydrogen-bond donors (Lipinski definition) is 3. The van der Waals surface area contributed by atoms with Crippen LogP contribution in [0.1, 0.15) is 50.2 Å². The Hall–Kier alpha value is -3.39. The Kier molecular flexibility index (Phi) is 7.40. The monoisotopic (exact) mass is 480 g/mol. The smallest absolute Gasteiger partial charge is 0.407 e. The Morgan fingerprint density at radius 2 is 1.60 bits per heavy atom. The molecule has 1 heterocycles. The summed E-state index contributed by atoms with van der Waals surface area (Å²) in [5.74, 6) is -1.63. The van der Waals surface area contributed by atoms with E-state index in [9.17, 15) is 19.5 Å². The molecular weight excluding hydrogens is 448 g/mol. The number of fused-ring (bicyclic) bond motifs is 3. The summed E-state index contributed by atoms with van der Waals surface area (Å²) in [4.78, 5) is 37.8. The van der Waals surface area contributed by atoms with E-state index < -0.39 is 29.6 Å². The van der Waals surface area contributed by atoms with Crippen LogP contribution in [0.5, 0.6) is 0 Å². The summed E-state index contributed by atoms with van der Waals surface area (Å²) in [6, 6.07) is 15.2. The highest BCUT2D eigenvalue weighted by Gasteiger charge is 2.43. The van der Waals surface area contributed by atoms with Gasteiger partial charge < -0.3 is 25.2 Å². The third kappa shape index (κ3) is 5.32. The number of hydrogen-bond acceptors (Lipinski definition) is 5. The van der Waals surface area contributed by atoms with E-state index in [0.29, 0.717) is 6.42 Å². The van der Waals surface area contributed by atoms with Crippen molar-refractivity contribution in [1.29, 1.82) is 0 Å². The fraction of sp³-hybridized carbons (Fsp3) is 0.444. The molecular formula is C27H32N2O6. The van der Waals surface area contributed by atoms with E-state index in [4.69, 9.17) is 9.47 Å². The molecule has 8 heteroatoms. The quantitative estimate of drug-likeness (QED) is 0.531. The van der Waals surface area contributed by atoms with Crippen LogP contribution < -0.4 is 10.6 Å². The van der Waals surface area contributed by atoms with Crippen molar-refractivity contribution in [3.8, 4) is 11.1 Å². The predicted molar refractivity (Wildman–Crippen MR) is 130 cm³/mol. The van der Waals surface area contributed by atoms with Gasteiger partial charge in [0, 0.05) is 32.0 Å². The molecule has 0 bridgehead atoms. The molecule has 1 atom stereocenters. The van der Waals surface area contributed by atoms with Crippen molar-refractivity contribution in [2.45, 2.75) is 50.6 Å². The fourth-order valence-corrected chi connectivity index (χ4v) is 4.92. The van der Waals surface area contributed by atoms with Crippen LogP contribution in [0.4, 0.5) is 4.79 Å². The van der Waals surface area contributed by atoms with Gasteiger partial charge in [0.25, 0.3) is 0 Å². The van der Waals surface area contributed by atoms with E-state index in [2.05, 4.69) is 22.8 Å². The zero-order chi connectivity index (χ0) is 25.0. The molecule has 2 aromatic carbocycles. The standard InChI is InChI=1S/C27H32N2O6/c1-17(2)15-23(24(30)29-27(25(31)32)11-13-34-14-12-27)28-26(33)35-16-22-20-9-5-3-7-18(20)19-8-4-6-10-21(19)22/h3-10,17,22-23H,11-16H2,1-2H3,(H,28,33)(H,29,30)(H,31,32)/t23-/m0/s1. The van der Waals surface area contributed by atoms with Crippen molar-refractivity contribution < 1.29 is 29.0 Å². The molecule has 0 radical (unpaired) electrons. The second kappa shape index (κ2) is 10.5. The summed E-state index contributed by atoms with van der Waals surface area (Å²) in [6.07, 6.45) is -0.00714. The van der Waals surface area contributed by atoms with Crippen LogP contribution in [-0.4, -0.2) is 54.5 Å². The lowest BCUT2D eigenvalue weighted by molar-refractivity contribution is -0.152. The van der Waals surface area contributed by atoms with Crippen molar-refractivity contribution in [2.75, 3.05) is 19.8 Å². The minimum atomic E-state index is -1.40. The molecule has 1 fully saturated rings.